The normalized spacial score (nSPS) is 24.0. The molecule has 1 fully saturated rings. The van der Waals surface area contributed by atoms with Crippen molar-refractivity contribution in [2.24, 2.45) is 0 Å². The first kappa shape index (κ1) is 12.0. The minimum atomic E-state index is 0.621. The van der Waals surface area contributed by atoms with Crippen LogP contribution < -0.4 is 5.32 Å². The third-order valence-electron chi connectivity index (χ3n) is 2.94. The van der Waals surface area contributed by atoms with E-state index in [1.54, 1.807) is 0 Å². The lowest BCUT2D eigenvalue weighted by Gasteiger charge is -2.17. The van der Waals surface area contributed by atoms with Gasteiger partial charge in [0, 0.05) is 18.7 Å². The zero-order valence-corrected chi connectivity index (χ0v) is 9.72. The Morgan fingerprint density at radius 2 is 2.21 bits per heavy atom. The van der Waals surface area contributed by atoms with Gasteiger partial charge < -0.3 is 10.1 Å². The van der Waals surface area contributed by atoms with Gasteiger partial charge in [-0.05, 0) is 19.8 Å². The molecule has 0 aromatic carbocycles. The summed E-state index contributed by atoms with van der Waals surface area (Å²) in [6, 6.07) is 1.29. The van der Waals surface area contributed by atoms with E-state index in [0.29, 0.717) is 12.1 Å². The van der Waals surface area contributed by atoms with Gasteiger partial charge >= 0.3 is 0 Å². The van der Waals surface area contributed by atoms with E-state index >= 15 is 0 Å². The van der Waals surface area contributed by atoms with Crippen LogP contribution in [0.5, 0.6) is 0 Å². The Morgan fingerprint density at radius 1 is 1.36 bits per heavy atom. The van der Waals surface area contributed by atoms with Gasteiger partial charge in [-0.15, -0.1) is 0 Å². The summed E-state index contributed by atoms with van der Waals surface area (Å²) in [4.78, 5) is 0. The van der Waals surface area contributed by atoms with Crippen LogP contribution in [0, 0.1) is 0 Å². The Labute approximate surface area is 88.4 Å². The molecule has 1 aliphatic rings. The van der Waals surface area contributed by atoms with E-state index in [1.807, 2.05) is 0 Å². The number of hydrogen-bond acceptors (Lipinski definition) is 2. The Hall–Kier alpha value is -0.0800. The Kier molecular flexibility index (Phi) is 6.20. The van der Waals surface area contributed by atoms with Crippen molar-refractivity contribution in [3.05, 3.63) is 0 Å². The molecule has 2 unspecified atom stereocenters. The molecule has 2 nitrogen and oxygen atoms in total. The summed E-state index contributed by atoms with van der Waals surface area (Å²) in [5.41, 5.74) is 0. The van der Waals surface area contributed by atoms with Gasteiger partial charge in [0.25, 0.3) is 0 Å². The fourth-order valence-electron chi connectivity index (χ4n) is 2.03. The summed E-state index contributed by atoms with van der Waals surface area (Å²) in [7, 11) is 0. The number of hydrogen-bond donors (Lipinski definition) is 1. The molecule has 14 heavy (non-hydrogen) atoms. The fourth-order valence-corrected chi connectivity index (χ4v) is 2.03. The van der Waals surface area contributed by atoms with E-state index in [-0.39, 0.29) is 0 Å². The molecule has 0 aromatic heterocycles. The highest BCUT2D eigenvalue weighted by molar-refractivity contribution is 4.74. The van der Waals surface area contributed by atoms with Gasteiger partial charge in [0.05, 0.1) is 6.61 Å². The predicted octanol–water partition coefficient (Wildman–Crippen LogP) is 2.72. The molecule has 2 heteroatoms. The molecule has 0 spiro atoms. The average Bonchev–Trinajstić information content (AvgIpc) is 2.65. The van der Waals surface area contributed by atoms with Crippen molar-refractivity contribution in [1.82, 2.24) is 5.32 Å². The first-order valence-electron chi connectivity index (χ1n) is 6.16. The maximum Gasteiger partial charge on any atom is 0.0620 e. The van der Waals surface area contributed by atoms with Crippen LogP contribution in [0.25, 0.3) is 0 Å². The summed E-state index contributed by atoms with van der Waals surface area (Å²) < 4.78 is 5.34. The molecular formula is C12H25NO. The minimum absolute atomic E-state index is 0.621. The maximum absolute atomic E-state index is 5.34. The van der Waals surface area contributed by atoms with Crippen molar-refractivity contribution in [2.75, 3.05) is 13.2 Å². The molecule has 0 aliphatic carbocycles. The molecule has 0 bridgehead atoms. The number of rotatable bonds is 7. The van der Waals surface area contributed by atoms with Gasteiger partial charge in [-0.1, -0.05) is 32.6 Å². The second-order valence-corrected chi connectivity index (χ2v) is 4.48. The topological polar surface area (TPSA) is 21.3 Å². The predicted molar refractivity (Wildman–Crippen MR) is 60.6 cm³/mol. The van der Waals surface area contributed by atoms with Crippen LogP contribution in [0.4, 0.5) is 0 Å². The highest BCUT2D eigenvalue weighted by Gasteiger charge is 2.16. The largest absolute Gasteiger partial charge is 0.380 e. The zero-order chi connectivity index (χ0) is 10.2. The van der Waals surface area contributed by atoms with Crippen LogP contribution in [0.1, 0.15) is 52.4 Å². The fraction of sp³-hybridized carbons (Fsp3) is 1.00. The minimum Gasteiger partial charge on any atom is -0.380 e. The summed E-state index contributed by atoms with van der Waals surface area (Å²) in [6.45, 7) is 6.42. The number of unbranched alkanes of at least 4 members (excludes halogenated alkanes) is 3. The SMILES string of the molecule is CCCCCCC(C)NC1CCOC1. The molecule has 1 saturated heterocycles. The molecule has 0 saturated carbocycles. The van der Waals surface area contributed by atoms with E-state index < -0.39 is 0 Å². The van der Waals surface area contributed by atoms with Crippen LogP contribution >= 0.6 is 0 Å². The standard InChI is InChI=1S/C12H25NO/c1-3-4-5-6-7-11(2)13-12-8-9-14-10-12/h11-13H,3-10H2,1-2H3. The lowest BCUT2D eigenvalue weighted by Crippen LogP contribution is -2.36. The number of ether oxygens (including phenoxy) is 1. The van der Waals surface area contributed by atoms with E-state index in [1.165, 1.54) is 38.5 Å². The lowest BCUT2D eigenvalue weighted by molar-refractivity contribution is 0.188. The van der Waals surface area contributed by atoms with Crippen LogP contribution in [-0.4, -0.2) is 25.3 Å². The summed E-state index contributed by atoms with van der Waals surface area (Å²) in [6.07, 6.45) is 7.99. The molecule has 1 N–H and O–H groups in total. The van der Waals surface area contributed by atoms with E-state index in [0.717, 1.165) is 13.2 Å². The van der Waals surface area contributed by atoms with Gasteiger partial charge in [-0.25, -0.2) is 0 Å². The van der Waals surface area contributed by atoms with Crippen molar-refractivity contribution >= 4 is 0 Å². The third kappa shape index (κ3) is 4.97. The third-order valence-corrected chi connectivity index (χ3v) is 2.94. The van der Waals surface area contributed by atoms with E-state index in [9.17, 15) is 0 Å². The average molecular weight is 199 g/mol. The molecule has 1 heterocycles. The van der Waals surface area contributed by atoms with Crippen molar-refractivity contribution in [3.8, 4) is 0 Å². The van der Waals surface area contributed by atoms with E-state index in [2.05, 4.69) is 19.2 Å². The van der Waals surface area contributed by atoms with Crippen molar-refractivity contribution in [2.45, 2.75) is 64.5 Å². The highest BCUT2D eigenvalue weighted by Crippen LogP contribution is 2.09. The van der Waals surface area contributed by atoms with Crippen molar-refractivity contribution in [3.63, 3.8) is 0 Å². The van der Waals surface area contributed by atoms with E-state index in [4.69, 9.17) is 4.74 Å². The van der Waals surface area contributed by atoms with Crippen LogP contribution in [0.15, 0.2) is 0 Å². The van der Waals surface area contributed by atoms with Gasteiger partial charge in [-0.3, -0.25) is 0 Å². The van der Waals surface area contributed by atoms with Gasteiger partial charge in [0.1, 0.15) is 0 Å². The second kappa shape index (κ2) is 7.24. The second-order valence-electron chi connectivity index (χ2n) is 4.48. The highest BCUT2D eigenvalue weighted by atomic mass is 16.5. The van der Waals surface area contributed by atoms with Crippen LogP contribution in [0.2, 0.25) is 0 Å². The molecule has 1 aliphatic heterocycles. The molecular weight excluding hydrogens is 174 g/mol. The molecule has 2 atom stereocenters. The molecule has 0 amide bonds. The monoisotopic (exact) mass is 199 g/mol. The van der Waals surface area contributed by atoms with Gasteiger partial charge in [0.2, 0.25) is 0 Å². The Morgan fingerprint density at radius 3 is 2.86 bits per heavy atom. The van der Waals surface area contributed by atoms with Gasteiger partial charge in [-0.2, -0.15) is 0 Å². The zero-order valence-electron chi connectivity index (χ0n) is 9.72. The molecule has 1 rings (SSSR count). The summed E-state index contributed by atoms with van der Waals surface area (Å²) in [5, 5.41) is 3.63. The molecule has 84 valence electrons. The maximum atomic E-state index is 5.34. The van der Waals surface area contributed by atoms with Gasteiger partial charge in [0.15, 0.2) is 0 Å². The first-order chi connectivity index (χ1) is 6.83. The lowest BCUT2D eigenvalue weighted by atomic mass is 10.1. The Bertz CT molecular complexity index is 132. The van der Waals surface area contributed by atoms with Crippen LogP contribution in [-0.2, 0) is 4.74 Å². The summed E-state index contributed by atoms with van der Waals surface area (Å²) in [5.74, 6) is 0. The van der Waals surface area contributed by atoms with Crippen molar-refractivity contribution < 1.29 is 4.74 Å². The molecule has 0 aromatic rings. The smallest absolute Gasteiger partial charge is 0.0620 e. The quantitative estimate of drug-likeness (QED) is 0.637. The van der Waals surface area contributed by atoms with Crippen LogP contribution in [0.3, 0.4) is 0 Å². The Balaban J connectivity index is 1.95. The first-order valence-corrected chi connectivity index (χ1v) is 6.16. The molecule has 0 radical (unpaired) electrons. The van der Waals surface area contributed by atoms with Crippen molar-refractivity contribution in [1.29, 1.82) is 0 Å². The summed E-state index contributed by atoms with van der Waals surface area (Å²) >= 11 is 0. The number of nitrogens with one attached hydrogen (secondary N) is 1.